The predicted molar refractivity (Wildman–Crippen MR) is 74.4 cm³/mol. The van der Waals surface area contributed by atoms with Crippen LogP contribution in [0.25, 0.3) is 0 Å². The highest BCUT2D eigenvalue weighted by Crippen LogP contribution is 2.44. The van der Waals surface area contributed by atoms with Crippen molar-refractivity contribution in [1.29, 1.82) is 0 Å². The second-order valence-electron chi connectivity index (χ2n) is 5.72. The van der Waals surface area contributed by atoms with Gasteiger partial charge in [-0.2, -0.15) is 0 Å². The van der Waals surface area contributed by atoms with Crippen molar-refractivity contribution in [2.45, 2.75) is 19.8 Å². The van der Waals surface area contributed by atoms with E-state index in [1.807, 2.05) is 6.92 Å². The number of hydrogen-bond donors (Lipinski definition) is 1. The Morgan fingerprint density at radius 2 is 2.10 bits per heavy atom. The third kappa shape index (κ3) is 2.37. The van der Waals surface area contributed by atoms with Crippen LogP contribution in [0.2, 0.25) is 0 Å². The fourth-order valence-electron chi connectivity index (χ4n) is 3.06. The van der Waals surface area contributed by atoms with Gasteiger partial charge >= 0.3 is 5.97 Å². The van der Waals surface area contributed by atoms with Gasteiger partial charge in [0.15, 0.2) is 10.4 Å². The number of carbonyl (C=O) groups excluding carboxylic acids is 1. The number of hydrogen-bond acceptors (Lipinski definition) is 3. The van der Waals surface area contributed by atoms with Crippen molar-refractivity contribution in [3.8, 4) is 0 Å². The number of amides is 1. The number of aryl methyl sites for hydroxylation is 1. The number of carboxylic acids is 1. The number of aliphatic carboxylic acids is 1. The van der Waals surface area contributed by atoms with Crippen molar-refractivity contribution in [1.82, 2.24) is 4.90 Å². The maximum atomic E-state index is 12.5. The number of nitrogens with zero attached hydrogens (tertiary/aromatic N) is 1. The van der Waals surface area contributed by atoms with Gasteiger partial charge in [0.25, 0.3) is 5.91 Å². The van der Waals surface area contributed by atoms with E-state index in [0.29, 0.717) is 22.9 Å². The third-order valence-corrected chi connectivity index (χ3v) is 4.67. The zero-order valence-electron chi connectivity index (χ0n) is 11.1. The molecule has 2 aliphatic rings. The van der Waals surface area contributed by atoms with Crippen LogP contribution in [0.3, 0.4) is 0 Å². The number of carbonyl (C=O) groups is 2. The van der Waals surface area contributed by atoms with E-state index in [1.54, 1.807) is 11.0 Å². The average Bonchev–Trinajstić information content (AvgIpc) is 3.03. The summed E-state index contributed by atoms with van der Waals surface area (Å²) >= 11 is 3.21. The van der Waals surface area contributed by atoms with Crippen LogP contribution in [0.1, 0.15) is 29.0 Å². The van der Waals surface area contributed by atoms with Crippen LogP contribution in [-0.2, 0) is 4.79 Å². The van der Waals surface area contributed by atoms with Gasteiger partial charge in [-0.05, 0) is 53.6 Å². The first-order valence-corrected chi connectivity index (χ1v) is 7.54. The van der Waals surface area contributed by atoms with Gasteiger partial charge in [0.1, 0.15) is 0 Å². The van der Waals surface area contributed by atoms with Gasteiger partial charge in [-0.25, -0.2) is 0 Å². The largest absolute Gasteiger partial charge is 0.481 e. The molecule has 0 bridgehead atoms. The molecule has 0 aromatic carbocycles. The van der Waals surface area contributed by atoms with Crippen LogP contribution in [-0.4, -0.2) is 35.0 Å². The summed E-state index contributed by atoms with van der Waals surface area (Å²) in [5.41, 5.74) is 0.767. The molecule has 3 rings (SSSR count). The van der Waals surface area contributed by atoms with Crippen LogP contribution >= 0.6 is 15.9 Å². The summed E-state index contributed by atoms with van der Waals surface area (Å²) in [6, 6.07) is 1.75. The summed E-state index contributed by atoms with van der Waals surface area (Å²) in [5.74, 6) is -0.576. The van der Waals surface area contributed by atoms with E-state index < -0.39 is 11.9 Å². The maximum absolute atomic E-state index is 12.5. The first-order valence-electron chi connectivity index (χ1n) is 6.75. The molecule has 0 unspecified atom stereocenters. The topological polar surface area (TPSA) is 70.8 Å². The summed E-state index contributed by atoms with van der Waals surface area (Å²) < 4.78 is 5.89. The molecule has 1 saturated heterocycles. The summed E-state index contributed by atoms with van der Waals surface area (Å²) in [6.07, 6.45) is 2.17. The van der Waals surface area contributed by atoms with E-state index in [4.69, 9.17) is 4.42 Å². The zero-order valence-corrected chi connectivity index (χ0v) is 12.7. The van der Waals surface area contributed by atoms with E-state index in [-0.39, 0.29) is 18.4 Å². The number of carboxylic acid groups (broad SMARTS) is 1. The summed E-state index contributed by atoms with van der Waals surface area (Å²) in [5, 5.41) is 9.32. The lowest BCUT2D eigenvalue weighted by Gasteiger charge is -2.15. The molecule has 20 heavy (non-hydrogen) atoms. The zero-order chi connectivity index (χ0) is 14.4. The molecular weight excluding hydrogens is 326 g/mol. The molecule has 5 nitrogen and oxygen atoms in total. The molecule has 2 fully saturated rings. The molecule has 1 aliphatic carbocycles. The summed E-state index contributed by atoms with van der Waals surface area (Å²) in [4.78, 5) is 25.4. The van der Waals surface area contributed by atoms with Crippen molar-refractivity contribution in [3.63, 3.8) is 0 Å². The maximum Gasteiger partial charge on any atom is 0.308 e. The normalized spacial score (nSPS) is 26.0. The molecular formula is C14H16BrNO4. The Labute approximate surface area is 125 Å². The fraction of sp³-hybridized carbons (Fsp3) is 0.571. The lowest BCUT2D eigenvalue weighted by atomic mass is 9.92. The SMILES string of the molecule is Cc1cc(Br)oc1C(=O)N1C[C@H](C(=O)O)[C@@H](C2CC2)C1. The summed E-state index contributed by atoms with van der Waals surface area (Å²) in [7, 11) is 0. The van der Waals surface area contributed by atoms with Gasteiger partial charge in [0, 0.05) is 18.7 Å². The number of likely N-dealkylation sites (tertiary alicyclic amines) is 1. The lowest BCUT2D eigenvalue weighted by Crippen LogP contribution is -2.30. The van der Waals surface area contributed by atoms with E-state index in [1.165, 1.54) is 0 Å². The quantitative estimate of drug-likeness (QED) is 0.916. The van der Waals surface area contributed by atoms with Crippen LogP contribution in [0.15, 0.2) is 15.2 Å². The minimum absolute atomic E-state index is 0.0927. The van der Waals surface area contributed by atoms with Crippen LogP contribution in [0.5, 0.6) is 0 Å². The van der Waals surface area contributed by atoms with Crippen molar-refractivity contribution in [2.75, 3.05) is 13.1 Å². The number of halogens is 1. The minimum Gasteiger partial charge on any atom is -0.481 e. The highest BCUT2D eigenvalue weighted by Gasteiger charge is 2.47. The first kappa shape index (κ1) is 13.7. The molecule has 1 aromatic rings. The van der Waals surface area contributed by atoms with Crippen LogP contribution in [0, 0.1) is 24.7 Å². The Hall–Kier alpha value is -1.30. The smallest absolute Gasteiger partial charge is 0.308 e. The van der Waals surface area contributed by atoms with Crippen molar-refractivity contribution < 1.29 is 19.1 Å². The van der Waals surface area contributed by atoms with Crippen molar-refractivity contribution in [2.24, 2.45) is 17.8 Å². The molecule has 108 valence electrons. The van der Waals surface area contributed by atoms with E-state index in [0.717, 1.165) is 18.4 Å². The molecule has 6 heteroatoms. The third-order valence-electron chi connectivity index (χ3n) is 4.28. The minimum atomic E-state index is -0.797. The fourth-order valence-corrected chi connectivity index (χ4v) is 3.56. The standard InChI is InChI=1S/C14H16BrNO4/c1-7-4-11(15)20-12(7)13(17)16-5-9(8-2-3-8)10(6-16)14(18)19/h4,8-10H,2-3,5-6H2,1H3,(H,18,19)/t9-,10+/m1/s1. The monoisotopic (exact) mass is 341 g/mol. The van der Waals surface area contributed by atoms with E-state index >= 15 is 0 Å². The lowest BCUT2D eigenvalue weighted by molar-refractivity contribution is -0.142. The number of rotatable bonds is 3. The molecule has 1 saturated carbocycles. The highest BCUT2D eigenvalue weighted by molar-refractivity contribution is 9.10. The second-order valence-corrected chi connectivity index (χ2v) is 6.50. The molecule has 0 spiro atoms. The van der Waals surface area contributed by atoms with Gasteiger partial charge in [-0.1, -0.05) is 0 Å². The highest BCUT2D eigenvalue weighted by atomic mass is 79.9. The Balaban J connectivity index is 1.79. The molecule has 1 aliphatic heterocycles. The second kappa shape index (κ2) is 4.91. The van der Waals surface area contributed by atoms with Crippen LogP contribution < -0.4 is 0 Å². The van der Waals surface area contributed by atoms with Crippen molar-refractivity contribution >= 4 is 27.8 Å². The van der Waals surface area contributed by atoms with Gasteiger partial charge in [0.05, 0.1) is 5.92 Å². The number of furan rings is 1. The molecule has 2 heterocycles. The Morgan fingerprint density at radius 3 is 2.60 bits per heavy atom. The molecule has 1 N–H and O–H groups in total. The van der Waals surface area contributed by atoms with Gasteiger partial charge < -0.3 is 14.4 Å². The average molecular weight is 342 g/mol. The first-order chi connectivity index (χ1) is 9.47. The predicted octanol–water partition coefficient (Wildman–Crippen LogP) is 2.53. The van der Waals surface area contributed by atoms with Crippen LogP contribution in [0.4, 0.5) is 0 Å². The van der Waals surface area contributed by atoms with E-state index in [2.05, 4.69) is 15.9 Å². The van der Waals surface area contributed by atoms with E-state index in [9.17, 15) is 14.7 Å². The van der Waals surface area contributed by atoms with Gasteiger partial charge in [-0.3, -0.25) is 9.59 Å². The summed E-state index contributed by atoms with van der Waals surface area (Å²) in [6.45, 7) is 2.62. The molecule has 1 aromatic heterocycles. The Morgan fingerprint density at radius 1 is 1.40 bits per heavy atom. The Bertz CT molecular complexity index is 564. The van der Waals surface area contributed by atoms with Gasteiger partial charge in [-0.15, -0.1) is 0 Å². The Kier molecular flexibility index (Phi) is 3.36. The molecule has 0 radical (unpaired) electrons. The molecule has 2 atom stereocenters. The van der Waals surface area contributed by atoms with Gasteiger partial charge in [0.2, 0.25) is 0 Å². The molecule has 1 amide bonds. The van der Waals surface area contributed by atoms with Crippen molar-refractivity contribution in [3.05, 3.63) is 22.1 Å².